The van der Waals surface area contributed by atoms with Crippen molar-refractivity contribution in [3.05, 3.63) is 57.8 Å². The number of aromatic nitrogens is 5. The molecule has 0 aliphatic carbocycles. The lowest BCUT2D eigenvalue weighted by molar-refractivity contribution is 0.102. The van der Waals surface area contributed by atoms with Crippen molar-refractivity contribution in [2.45, 2.75) is 39.0 Å². The summed E-state index contributed by atoms with van der Waals surface area (Å²) < 4.78 is 48.4. The van der Waals surface area contributed by atoms with E-state index in [1.807, 2.05) is 26.8 Å². The van der Waals surface area contributed by atoms with Crippen molar-refractivity contribution in [2.75, 3.05) is 26.1 Å². The summed E-state index contributed by atoms with van der Waals surface area (Å²) in [4.78, 5) is 9.78. The van der Waals surface area contributed by atoms with Crippen LogP contribution in [0.5, 0.6) is 11.5 Å². The summed E-state index contributed by atoms with van der Waals surface area (Å²) in [7, 11) is 0.449. The van der Waals surface area contributed by atoms with Gasteiger partial charge in [-0.1, -0.05) is 6.07 Å². The first kappa shape index (κ1) is 27.5. The molecule has 0 amide bonds. The maximum absolute atomic E-state index is 13.7. The highest BCUT2D eigenvalue weighted by Crippen LogP contribution is 2.38. The number of pyridine rings is 1. The number of ether oxygens (including phenoxy) is 3. The number of anilines is 1. The Balaban J connectivity index is 1.85. The van der Waals surface area contributed by atoms with E-state index in [1.54, 1.807) is 42.1 Å². The molecule has 0 spiro atoms. The van der Waals surface area contributed by atoms with Gasteiger partial charge in [0.15, 0.2) is 5.82 Å². The molecule has 0 bridgehead atoms. The zero-order valence-corrected chi connectivity index (χ0v) is 23.8. The van der Waals surface area contributed by atoms with E-state index in [0.29, 0.717) is 33.6 Å². The van der Waals surface area contributed by atoms with Crippen LogP contribution >= 0.6 is 11.3 Å². The van der Waals surface area contributed by atoms with Crippen molar-refractivity contribution in [1.82, 2.24) is 24.7 Å². The van der Waals surface area contributed by atoms with Crippen LogP contribution in [-0.4, -0.2) is 59.7 Å². The van der Waals surface area contributed by atoms with Gasteiger partial charge in [0.05, 0.1) is 19.9 Å². The van der Waals surface area contributed by atoms with Gasteiger partial charge in [-0.05, 0) is 51.5 Å². The van der Waals surface area contributed by atoms with Crippen LogP contribution in [0, 0.1) is 20.8 Å². The van der Waals surface area contributed by atoms with Crippen LogP contribution in [0.15, 0.2) is 36.7 Å². The molecule has 4 rings (SSSR count). The van der Waals surface area contributed by atoms with Gasteiger partial charge in [-0.25, -0.2) is 13.4 Å². The average Bonchev–Trinajstić information content (AvgIpc) is 3.45. The van der Waals surface area contributed by atoms with Crippen LogP contribution in [0.25, 0.3) is 17.1 Å². The SMILES string of the molecule is COc1cccc(OC)c1-n1c(NS(=O)(=O)[C@H](C)[C@H](OC)c2nc(C)c(C)s2)nnc1-c1cncc(C)c1. The fraction of sp³-hybridized carbons (Fsp3) is 0.360. The molecular formula is C25H30N6O5S2. The molecule has 13 heteroatoms. The highest BCUT2D eigenvalue weighted by atomic mass is 32.2. The van der Waals surface area contributed by atoms with Crippen molar-refractivity contribution in [2.24, 2.45) is 0 Å². The molecule has 0 saturated carbocycles. The molecule has 0 saturated heterocycles. The summed E-state index contributed by atoms with van der Waals surface area (Å²) in [5.41, 5.74) is 2.80. The molecule has 2 atom stereocenters. The second-order valence-electron chi connectivity index (χ2n) is 8.65. The lowest BCUT2D eigenvalue weighted by Crippen LogP contribution is -2.32. The Kier molecular flexibility index (Phi) is 7.99. The minimum absolute atomic E-state index is 0.0440. The number of hydrogen-bond acceptors (Lipinski definition) is 10. The van der Waals surface area contributed by atoms with E-state index >= 15 is 0 Å². The van der Waals surface area contributed by atoms with Gasteiger partial charge in [0, 0.05) is 29.9 Å². The van der Waals surface area contributed by atoms with E-state index in [9.17, 15) is 8.42 Å². The molecule has 3 aromatic heterocycles. The van der Waals surface area contributed by atoms with Gasteiger partial charge in [0.1, 0.15) is 33.5 Å². The molecule has 11 nitrogen and oxygen atoms in total. The largest absolute Gasteiger partial charge is 0.494 e. The number of sulfonamides is 1. The molecule has 1 aromatic carbocycles. The number of hydrogen-bond donors (Lipinski definition) is 1. The van der Waals surface area contributed by atoms with E-state index in [1.165, 1.54) is 32.7 Å². The number of aryl methyl sites for hydroxylation is 3. The molecule has 202 valence electrons. The van der Waals surface area contributed by atoms with Gasteiger partial charge in [-0.2, -0.15) is 0 Å². The molecule has 0 fully saturated rings. The Labute approximate surface area is 225 Å². The molecule has 4 aromatic rings. The van der Waals surface area contributed by atoms with Crippen molar-refractivity contribution in [1.29, 1.82) is 0 Å². The predicted octanol–water partition coefficient (Wildman–Crippen LogP) is 4.25. The third kappa shape index (κ3) is 5.22. The summed E-state index contributed by atoms with van der Waals surface area (Å²) in [5, 5.41) is 8.13. The van der Waals surface area contributed by atoms with E-state index in [0.717, 1.165) is 16.1 Å². The first-order chi connectivity index (χ1) is 18.1. The van der Waals surface area contributed by atoms with Crippen LogP contribution in [-0.2, 0) is 14.8 Å². The Bertz CT molecular complexity index is 1510. The van der Waals surface area contributed by atoms with Gasteiger partial charge in [0.25, 0.3) is 0 Å². The Morgan fingerprint density at radius 2 is 1.71 bits per heavy atom. The van der Waals surface area contributed by atoms with Gasteiger partial charge in [0.2, 0.25) is 16.0 Å². The minimum atomic E-state index is -4.05. The molecule has 3 heterocycles. The Morgan fingerprint density at radius 3 is 2.26 bits per heavy atom. The van der Waals surface area contributed by atoms with Crippen LogP contribution in [0.2, 0.25) is 0 Å². The van der Waals surface area contributed by atoms with Gasteiger partial charge < -0.3 is 14.2 Å². The summed E-state index contributed by atoms with van der Waals surface area (Å²) in [6.07, 6.45) is 2.55. The lowest BCUT2D eigenvalue weighted by atomic mass is 10.2. The Hall–Kier alpha value is -3.55. The topological polar surface area (TPSA) is 130 Å². The first-order valence-electron chi connectivity index (χ1n) is 11.7. The van der Waals surface area contributed by atoms with Gasteiger partial charge in [-0.15, -0.1) is 21.5 Å². The van der Waals surface area contributed by atoms with Crippen molar-refractivity contribution in [3.8, 4) is 28.6 Å². The van der Waals surface area contributed by atoms with E-state index in [-0.39, 0.29) is 5.95 Å². The van der Waals surface area contributed by atoms with Gasteiger partial charge >= 0.3 is 0 Å². The Morgan fingerprint density at radius 1 is 1.03 bits per heavy atom. The molecule has 0 unspecified atom stereocenters. The second-order valence-corrected chi connectivity index (χ2v) is 11.9. The zero-order valence-electron chi connectivity index (χ0n) is 22.2. The molecule has 38 heavy (non-hydrogen) atoms. The number of methoxy groups -OCH3 is 3. The molecule has 0 aliphatic heterocycles. The van der Waals surface area contributed by atoms with Crippen molar-refractivity contribution in [3.63, 3.8) is 0 Å². The molecule has 0 radical (unpaired) electrons. The van der Waals surface area contributed by atoms with Gasteiger partial charge in [-0.3, -0.25) is 14.3 Å². The summed E-state index contributed by atoms with van der Waals surface area (Å²) in [5.74, 6) is 1.17. The smallest absolute Gasteiger partial charge is 0.243 e. The van der Waals surface area contributed by atoms with Crippen LogP contribution in [0.3, 0.4) is 0 Å². The monoisotopic (exact) mass is 558 g/mol. The third-order valence-corrected chi connectivity index (χ3v) is 8.94. The van der Waals surface area contributed by atoms with Crippen LogP contribution in [0.1, 0.15) is 34.2 Å². The third-order valence-electron chi connectivity index (χ3n) is 6.11. The molecular weight excluding hydrogens is 528 g/mol. The summed E-state index contributed by atoms with van der Waals surface area (Å²) in [6.45, 7) is 7.28. The minimum Gasteiger partial charge on any atom is -0.494 e. The standard InChI is InChI=1S/C25H30N6O5S2/c1-14-11-18(13-26-12-14)23-28-29-25(31(23)21-19(34-5)9-8-10-20(21)35-6)30-38(32,33)17(4)22(36-7)24-27-15(2)16(3)37-24/h8-13,17,22H,1-7H3,(H,29,30)/t17-,22+/m1/s1. The number of rotatable bonds is 10. The molecule has 1 N–H and O–H groups in total. The highest BCUT2D eigenvalue weighted by molar-refractivity contribution is 7.93. The van der Waals surface area contributed by atoms with Crippen molar-refractivity contribution >= 4 is 27.3 Å². The second kappa shape index (κ2) is 11.1. The summed E-state index contributed by atoms with van der Waals surface area (Å²) >= 11 is 1.41. The zero-order chi connectivity index (χ0) is 27.6. The average molecular weight is 559 g/mol. The van der Waals surface area contributed by atoms with Crippen molar-refractivity contribution < 1.29 is 22.6 Å². The maximum Gasteiger partial charge on any atom is 0.243 e. The number of nitrogens with one attached hydrogen (secondary N) is 1. The van der Waals surface area contributed by atoms with Crippen LogP contribution < -0.4 is 14.2 Å². The normalized spacial score (nSPS) is 13.2. The predicted molar refractivity (Wildman–Crippen MR) is 146 cm³/mol. The first-order valence-corrected chi connectivity index (χ1v) is 14.0. The van der Waals surface area contributed by atoms with Crippen LogP contribution in [0.4, 0.5) is 5.95 Å². The molecule has 0 aliphatic rings. The van der Waals surface area contributed by atoms with E-state index < -0.39 is 21.4 Å². The maximum atomic E-state index is 13.7. The quantitative estimate of drug-likeness (QED) is 0.304. The number of benzene rings is 1. The fourth-order valence-corrected chi connectivity index (χ4v) is 6.30. The fourth-order valence-electron chi connectivity index (χ4n) is 3.97. The lowest BCUT2D eigenvalue weighted by Gasteiger charge is -2.22. The van der Waals surface area contributed by atoms with E-state index in [4.69, 9.17) is 14.2 Å². The summed E-state index contributed by atoms with van der Waals surface area (Å²) in [6, 6.07) is 7.13. The number of thiazole rings is 1. The highest BCUT2D eigenvalue weighted by Gasteiger charge is 2.35. The van der Waals surface area contributed by atoms with E-state index in [2.05, 4.69) is 24.9 Å². The number of para-hydroxylation sites is 1. The number of nitrogens with zero attached hydrogens (tertiary/aromatic N) is 5.